The number of hydrogen-bond donors (Lipinski definition) is 0. The van der Waals surface area contributed by atoms with Crippen LogP contribution in [0.4, 0.5) is 0 Å². The molecule has 0 unspecified atom stereocenters. The molecule has 0 N–H and O–H groups in total. The minimum Gasteiger partial charge on any atom is -0.299 e. The summed E-state index contributed by atoms with van der Waals surface area (Å²) in [7, 11) is 0. The molecule has 4 heteroatoms. The molecule has 0 spiro atoms. The number of thiophene rings is 1. The van der Waals surface area contributed by atoms with Crippen molar-refractivity contribution in [1.82, 2.24) is 9.97 Å². The largest absolute Gasteiger partial charge is 0.299 e. The Morgan fingerprint density at radius 3 is 3.14 bits per heavy atom. The molecule has 2 aromatic heterocycles. The van der Waals surface area contributed by atoms with Crippen LogP contribution >= 0.6 is 11.3 Å². The number of aromatic nitrogens is 2. The van der Waals surface area contributed by atoms with Crippen molar-refractivity contribution in [1.29, 1.82) is 0 Å². The molecule has 0 saturated heterocycles. The van der Waals surface area contributed by atoms with E-state index in [0.29, 0.717) is 12.8 Å². The molecule has 0 bridgehead atoms. The van der Waals surface area contributed by atoms with Crippen LogP contribution < -0.4 is 0 Å². The zero-order chi connectivity index (χ0) is 9.97. The number of ketones is 1. The molecule has 0 amide bonds. The molecule has 0 radical (unpaired) electrons. The highest BCUT2D eigenvalue weighted by molar-refractivity contribution is 7.16. The van der Waals surface area contributed by atoms with Gasteiger partial charge in [-0.2, -0.15) is 0 Å². The van der Waals surface area contributed by atoms with Crippen molar-refractivity contribution in [3.63, 3.8) is 0 Å². The fourth-order valence-corrected chi connectivity index (χ4v) is 2.05. The van der Waals surface area contributed by atoms with Crippen molar-refractivity contribution < 1.29 is 4.79 Å². The van der Waals surface area contributed by atoms with Crippen LogP contribution in [0, 0.1) is 0 Å². The molecule has 0 saturated carbocycles. The van der Waals surface area contributed by atoms with Crippen molar-refractivity contribution in [2.24, 2.45) is 0 Å². The summed E-state index contributed by atoms with van der Waals surface area (Å²) in [4.78, 5) is 20.5. The van der Waals surface area contributed by atoms with Crippen LogP contribution in [0.5, 0.6) is 0 Å². The van der Waals surface area contributed by atoms with Crippen molar-refractivity contribution >= 4 is 27.3 Å². The van der Waals surface area contributed by atoms with E-state index in [9.17, 15) is 4.79 Å². The first-order valence-corrected chi connectivity index (χ1v) is 5.38. The summed E-state index contributed by atoms with van der Waals surface area (Å²) >= 11 is 1.57. The van der Waals surface area contributed by atoms with Crippen molar-refractivity contribution in [3.05, 3.63) is 23.5 Å². The predicted octanol–water partition coefficient (Wildman–Crippen LogP) is 2.21. The summed E-state index contributed by atoms with van der Waals surface area (Å²) in [6.45, 7) is 1.87. The maximum absolute atomic E-state index is 11.3. The molecular formula is C10H10N2OS. The Bertz CT molecular complexity index is 464. The summed E-state index contributed by atoms with van der Waals surface area (Å²) in [5.74, 6) is 0.219. The monoisotopic (exact) mass is 206 g/mol. The SMILES string of the molecule is CCC(=O)Cc1ncnc2sccc12. The number of Topliss-reactive ketones (excluding diaryl/α,β-unsaturated/α-hetero) is 1. The highest BCUT2D eigenvalue weighted by Crippen LogP contribution is 2.20. The minimum atomic E-state index is 0.219. The van der Waals surface area contributed by atoms with Crippen molar-refractivity contribution in [2.75, 3.05) is 0 Å². The van der Waals surface area contributed by atoms with Crippen molar-refractivity contribution in [2.45, 2.75) is 19.8 Å². The van der Waals surface area contributed by atoms with Gasteiger partial charge in [-0.1, -0.05) is 6.92 Å². The molecule has 0 fully saturated rings. The number of hydrogen-bond acceptors (Lipinski definition) is 4. The van der Waals surface area contributed by atoms with Gasteiger partial charge in [0, 0.05) is 18.2 Å². The van der Waals surface area contributed by atoms with Gasteiger partial charge in [0.15, 0.2) is 0 Å². The second-order valence-electron chi connectivity index (χ2n) is 3.03. The third-order valence-electron chi connectivity index (χ3n) is 2.10. The van der Waals surface area contributed by atoms with Crippen LogP contribution in [0.1, 0.15) is 19.0 Å². The van der Waals surface area contributed by atoms with Gasteiger partial charge in [-0.15, -0.1) is 11.3 Å². The number of carbonyl (C=O) groups is 1. The average molecular weight is 206 g/mol. The lowest BCUT2D eigenvalue weighted by atomic mass is 10.1. The van der Waals surface area contributed by atoms with Gasteiger partial charge < -0.3 is 0 Å². The van der Waals surface area contributed by atoms with E-state index >= 15 is 0 Å². The van der Waals surface area contributed by atoms with Crippen LogP contribution in [-0.2, 0) is 11.2 Å². The van der Waals surface area contributed by atoms with Crippen LogP contribution in [-0.4, -0.2) is 15.8 Å². The normalized spacial score (nSPS) is 10.6. The lowest BCUT2D eigenvalue weighted by Crippen LogP contribution is -2.02. The van der Waals surface area contributed by atoms with Gasteiger partial charge in [0.2, 0.25) is 0 Å². The Labute approximate surface area is 85.8 Å². The molecule has 72 valence electrons. The molecule has 0 aromatic carbocycles. The van der Waals surface area contributed by atoms with E-state index in [0.717, 1.165) is 15.9 Å². The standard InChI is InChI=1S/C10H10N2OS/c1-2-7(13)5-9-8-3-4-14-10(8)12-6-11-9/h3-4,6H,2,5H2,1H3. The molecule has 2 heterocycles. The Hall–Kier alpha value is -1.29. The second kappa shape index (κ2) is 3.84. The molecule has 14 heavy (non-hydrogen) atoms. The van der Waals surface area contributed by atoms with E-state index in [1.54, 1.807) is 11.3 Å². The molecule has 2 aromatic rings. The van der Waals surface area contributed by atoms with Crippen LogP contribution in [0.25, 0.3) is 10.2 Å². The van der Waals surface area contributed by atoms with E-state index in [2.05, 4.69) is 9.97 Å². The fraction of sp³-hybridized carbons (Fsp3) is 0.300. The van der Waals surface area contributed by atoms with Gasteiger partial charge in [0.05, 0.1) is 5.69 Å². The van der Waals surface area contributed by atoms with Crippen LogP contribution in [0.15, 0.2) is 17.8 Å². The Morgan fingerprint density at radius 2 is 2.36 bits per heavy atom. The molecule has 3 nitrogen and oxygen atoms in total. The van der Waals surface area contributed by atoms with Crippen LogP contribution in [0.3, 0.4) is 0 Å². The maximum Gasteiger partial charge on any atom is 0.138 e. The first kappa shape index (κ1) is 9.27. The number of carbonyl (C=O) groups excluding carboxylic acids is 1. The summed E-state index contributed by atoms with van der Waals surface area (Å²) in [5.41, 5.74) is 0.850. The Morgan fingerprint density at radius 1 is 1.50 bits per heavy atom. The molecule has 0 aliphatic rings. The van der Waals surface area contributed by atoms with E-state index in [1.165, 1.54) is 6.33 Å². The second-order valence-corrected chi connectivity index (χ2v) is 3.92. The molecule has 0 atom stereocenters. The lowest BCUT2D eigenvalue weighted by Gasteiger charge is -1.98. The fourth-order valence-electron chi connectivity index (χ4n) is 1.29. The molecule has 0 aliphatic heterocycles. The summed E-state index contributed by atoms with van der Waals surface area (Å²) in [6.07, 6.45) is 2.51. The molecule has 2 rings (SSSR count). The average Bonchev–Trinajstić information content (AvgIpc) is 2.66. The third-order valence-corrected chi connectivity index (χ3v) is 2.92. The maximum atomic E-state index is 11.3. The highest BCUT2D eigenvalue weighted by atomic mass is 32.1. The van der Waals surface area contributed by atoms with E-state index < -0.39 is 0 Å². The zero-order valence-electron chi connectivity index (χ0n) is 7.86. The van der Waals surface area contributed by atoms with E-state index in [1.807, 2.05) is 18.4 Å². The predicted molar refractivity (Wildman–Crippen MR) is 56.4 cm³/mol. The molecule has 0 aliphatic carbocycles. The first-order valence-electron chi connectivity index (χ1n) is 4.50. The zero-order valence-corrected chi connectivity index (χ0v) is 8.67. The van der Waals surface area contributed by atoms with E-state index in [4.69, 9.17) is 0 Å². The van der Waals surface area contributed by atoms with Crippen LogP contribution in [0.2, 0.25) is 0 Å². The molecular weight excluding hydrogens is 196 g/mol. The minimum absolute atomic E-state index is 0.219. The van der Waals surface area contributed by atoms with Gasteiger partial charge >= 0.3 is 0 Å². The van der Waals surface area contributed by atoms with Gasteiger partial charge in [-0.25, -0.2) is 9.97 Å². The third kappa shape index (κ3) is 1.65. The quantitative estimate of drug-likeness (QED) is 0.773. The summed E-state index contributed by atoms with van der Waals surface area (Å²) in [6, 6.07) is 1.97. The van der Waals surface area contributed by atoms with Gasteiger partial charge in [-0.05, 0) is 11.4 Å². The van der Waals surface area contributed by atoms with Gasteiger partial charge in [0.25, 0.3) is 0 Å². The summed E-state index contributed by atoms with van der Waals surface area (Å²) < 4.78 is 0. The topological polar surface area (TPSA) is 42.9 Å². The number of rotatable bonds is 3. The van der Waals surface area contributed by atoms with Gasteiger partial charge in [0.1, 0.15) is 16.9 Å². The number of nitrogens with zero attached hydrogens (tertiary/aromatic N) is 2. The smallest absolute Gasteiger partial charge is 0.138 e. The Kier molecular flexibility index (Phi) is 2.54. The summed E-state index contributed by atoms with van der Waals surface area (Å²) in [5, 5.41) is 2.98. The van der Waals surface area contributed by atoms with Crippen molar-refractivity contribution in [3.8, 4) is 0 Å². The highest BCUT2D eigenvalue weighted by Gasteiger charge is 2.07. The van der Waals surface area contributed by atoms with E-state index in [-0.39, 0.29) is 5.78 Å². The first-order chi connectivity index (χ1) is 6.81. The van der Waals surface area contributed by atoms with Gasteiger partial charge in [-0.3, -0.25) is 4.79 Å². The Balaban J connectivity index is 2.41. The number of fused-ring (bicyclic) bond motifs is 1. The lowest BCUT2D eigenvalue weighted by molar-refractivity contribution is -0.118.